The van der Waals surface area contributed by atoms with Gasteiger partial charge in [-0.25, -0.2) is 4.39 Å². The zero-order chi connectivity index (χ0) is 17.1. The summed E-state index contributed by atoms with van der Waals surface area (Å²) in [5, 5.41) is 20.0. The lowest BCUT2D eigenvalue weighted by Gasteiger charge is -2.19. The molecule has 0 spiro atoms. The predicted octanol–water partition coefficient (Wildman–Crippen LogP) is 1.81. The summed E-state index contributed by atoms with van der Waals surface area (Å²) in [6.45, 7) is 0. The summed E-state index contributed by atoms with van der Waals surface area (Å²) in [5.41, 5.74) is 1.41. The van der Waals surface area contributed by atoms with Crippen molar-refractivity contribution in [1.82, 2.24) is 4.72 Å². The zero-order valence-electron chi connectivity index (χ0n) is 12.6. The average molecular weight is 347 g/mol. The van der Waals surface area contributed by atoms with Crippen molar-refractivity contribution in [2.24, 2.45) is 0 Å². The first kappa shape index (κ1) is 17.0. The van der Waals surface area contributed by atoms with E-state index in [0.29, 0.717) is 5.58 Å². The van der Waals surface area contributed by atoms with Gasteiger partial charge in [0.1, 0.15) is 5.58 Å². The molecule has 24 heavy (non-hydrogen) atoms. The van der Waals surface area contributed by atoms with Gasteiger partial charge in [-0.3, -0.25) is 0 Å². The maximum absolute atomic E-state index is 13.7. The molecule has 0 amide bonds. The fraction of sp³-hybridized carbons (Fsp3) is 0.125. The Kier molecular flexibility index (Phi) is 5.22. The van der Waals surface area contributed by atoms with Gasteiger partial charge < -0.3 is 19.0 Å². The van der Waals surface area contributed by atoms with Gasteiger partial charge in [0.25, 0.3) is 0 Å². The second-order valence-corrected chi connectivity index (χ2v) is 6.51. The second kappa shape index (κ2) is 7.37. The summed E-state index contributed by atoms with van der Waals surface area (Å²) in [4.78, 5) is -0.0415. The van der Waals surface area contributed by atoms with E-state index in [0.717, 1.165) is 10.9 Å². The van der Waals surface area contributed by atoms with Crippen LogP contribution in [0.2, 0.25) is 0 Å². The first-order valence-corrected chi connectivity index (χ1v) is 8.45. The molecule has 3 N–H and O–H groups in total. The van der Waals surface area contributed by atoms with E-state index in [1.54, 1.807) is 12.1 Å². The Hall–Kier alpha value is -1.84. The summed E-state index contributed by atoms with van der Waals surface area (Å²) in [6.07, 6.45) is 1.68. The molecule has 0 radical (unpaired) electrons. The molecule has 1 heterocycles. The Morgan fingerprint density at radius 3 is 2.62 bits per heavy atom. The Balaban J connectivity index is 1.79. The fourth-order valence-corrected chi connectivity index (χ4v) is 3.49. The Morgan fingerprint density at radius 2 is 1.88 bits per heavy atom. The Morgan fingerprint density at radius 1 is 1.17 bits per heavy atom. The van der Waals surface area contributed by atoms with Crippen LogP contribution in [0.5, 0.6) is 0 Å². The predicted molar refractivity (Wildman–Crippen MR) is 89.8 cm³/mol. The summed E-state index contributed by atoms with van der Waals surface area (Å²) in [5.74, 6) is -1.57. The minimum atomic E-state index is -1.92. The molecule has 0 saturated heterocycles. The van der Waals surface area contributed by atoms with Crippen LogP contribution in [0.25, 0.3) is 11.0 Å². The quantitative estimate of drug-likeness (QED) is 0.468. The number of fused-ring (bicyclic) bond motifs is 1. The van der Waals surface area contributed by atoms with Gasteiger partial charge in [-0.1, -0.05) is 30.3 Å². The monoisotopic (exact) mass is 347 g/mol. The van der Waals surface area contributed by atoms with E-state index in [2.05, 4.69) is 4.72 Å². The molecule has 2 atom stereocenters. The van der Waals surface area contributed by atoms with E-state index in [1.807, 2.05) is 18.2 Å². The molecule has 3 rings (SSSR count). The van der Waals surface area contributed by atoms with Gasteiger partial charge in [0.2, 0.25) is 4.90 Å². The van der Waals surface area contributed by atoms with E-state index in [4.69, 9.17) is 4.42 Å². The molecule has 0 aliphatic carbocycles. The molecule has 124 valence electrons. The fourth-order valence-electron chi connectivity index (χ4n) is 2.43. The first-order chi connectivity index (χ1) is 11.6. The zero-order valence-corrected chi connectivity index (χ0v) is 13.4. The molecule has 0 aliphatic rings. The van der Waals surface area contributed by atoms with Crippen molar-refractivity contribution in [3.8, 4) is 0 Å². The van der Waals surface area contributed by atoms with Gasteiger partial charge in [0.15, 0.2) is 5.82 Å². The van der Waals surface area contributed by atoms with Crippen LogP contribution >= 0.6 is 0 Å². The van der Waals surface area contributed by atoms with Crippen LogP contribution < -0.4 is 4.72 Å². The molecular weight excluding hydrogens is 332 g/mol. The standard InChI is InChI=1S/C16H15BFNO4S/c18-13-6-2-4-8-15(13)24(22)19-16(17(20)21)9-11-10-23-14-7-3-1-5-12(11)14/h1-8,10,16,19-21H,9H2. The number of nitrogens with one attached hydrogen (secondary N) is 1. The first-order valence-electron chi connectivity index (χ1n) is 7.30. The number of rotatable bonds is 6. The second-order valence-electron chi connectivity index (χ2n) is 5.30. The average Bonchev–Trinajstić information content (AvgIpc) is 2.97. The normalized spacial score (nSPS) is 13.8. The van der Waals surface area contributed by atoms with Gasteiger partial charge in [0, 0.05) is 5.39 Å². The maximum Gasteiger partial charge on any atom is 0.474 e. The largest absolute Gasteiger partial charge is 0.593 e. The topological polar surface area (TPSA) is 88.7 Å². The van der Waals surface area contributed by atoms with Crippen LogP contribution in [0.1, 0.15) is 5.56 Å². The molecule has 0 aliphatic heterocycles. The van der Waals surface area contributed by atoms with E-state index in [1.165, 1.54) is 24.5 Å². The smallest absolute Gasteiger partial charge is 0.474 e. The van der Waals surface area contributed by atoms with Crippen LogP contribution in [0.3, 0.4) is 0 Å². The molecule has 8 heteroatoms. The SMILES string of the molecule is [O-][S+](NC(Cc1coc2ccccc12)B(O)O)c1ccccc1F. The van der Waals surface area contributed by atoms with Crippen molar-refractivity contribution in [2.75, 3.05) is 0 Å². The third-order valence-electron chi connectivity index (χ3n) is 3.66. The number of hydrogen-bond donors (Lipinski definition) is 3. The highest BCUT2D eigenvalue weighted by Gasteiger charge is 2.31. The minimum Gasteiger partial charge on any atom is -0.593 e. The Bertz CT molecular complexity index is 828. The van der Waals surface area contributed by atoms with Gasteiger partial charge in [0.05, 0.1) is 23.6 Å². The Labute approximate surface area is 141 Å². The van der Waals surface area contributed by atoms with E-state index in [9.17, 15) is 19.0 Å². The lowest BCUT2D eigenvalue weighted by atomic mass is 9.77. The molecule has 5 nitrogen and oxygen atoms in total. The van der Waals surface area contributed by atoms with Crippen LogP contribution in [-0.4, -0.2) is 27.7 Å². The van der Waals surface area contributed by atoms with Crippen molar-refractivity contribution >= 4 is 29.4 Å². The molecule has 1 aromatic heterocycles. The summed E-state index contributed by atoms with van der Waals surface area (Å²) in [7, 11) is -1.77. The van der Waals surface area contributed by atoms with Crippen LogP contribution in [-0.2, 0) is 17.8 Å². The van der Waals surface area contributed by atoms with E-state index < -0.39 is 30.2 Å². The highest BCUT2D eigenvalue weighted by Crippen LogP contribution is 2.23. The summed E-state index contributed by atoms with van der Waals surface area (Å²) in [6, 6.07) is 13.0. The molecule has 3 aromatic rings. The highest BCUT2D eigenvalue weighted by atomic mass is 32.2. The number of hydrogen-bond acceptors (Lipinski definition) is 5. The van der Waals surface area contributed by atoms with Crippen molar-refractivity contribution in [1.29, 1.82) is 0 Å². The van der Waals surface area contributed by atoms with Gasteiger partial charge in [-0.15, -0.1) is 4.72 Å². The van der Waals surface area contributed by atoms with Crippen molar-refractivity contribution in [3.63, 3.8) is 0 Å². The van der Waals surface area contributed by atoms with Crippen LogP contribution in [0, 0.1) is 5.82 Å². The summed E-state index contributed by atoms with van der Waals surface area (Å²) < 4.78 is 34.0. The maximum atomic E-state index is 13.7. The summed E-state index contributed by atoms with van der Waals surface area (Å²) >= 11 is -1.92. The minimum absolute atomic E-state index is 0.0415. The number of halogens is 1. The third kappa shape index (κ3) is 3.63. The highest BCUT2D eigenvalue weighted by molar-refractivity contribution is 7.89. The molecule has 2 unspecified atom stereocenters. The van der Waals surface area contributed by atoms with Gasteiger partial charge in [-0.05, 0) is 30.2 Å². The number of para-hydroxylation sites is 1. The van der Waals surface area contributed by atoms with Crippen molar-refractivity contribution in [2.45, 2.75) is 17.3 Å². The van der Waals surface area contributed by atoms with E-state index in [-0.39, 0.29) is 11.3 Å². The molecule has 0 saturated carbocycles. The van der Waals surface area contributed by atoms with Gasteiger partial charge >= 0.3 is 7.12 Å². The third-order valence-corrected chi connectivity index (χ3v) is 4.90. The van der Waals surface area contributed by atoms with Crippen LogP contribution in [0.4, 0.5) is 4.39 Å². The lowest BCUT2D eigenvalue weighted by molar-refractivity contribution is 0.379. The number of benzene rings is 2. The molecule has 0 fully saturated rings. The lowest BCUT2D eigenvalue weighted by Crippen LogP contribution is -2.47. The van der Waals surface area contributed by atoms with Crippen LogP contribution in [0.15, 0.2) is 64.1 Å². The number of furan rings is 1. The van der Waals surface area contributed by atoms with Gasteiger partial charge in [-0.2, -0.15) is 0 Å². The van der Waals surface area contributed by atoms with E-state index >= 15 is 0 Å². The molecule has 0 bridgehead atoms. The molecule has 2 aromatic carbocycles. The van der Waals surface area contributed by atoms with Crippen molar-refractivity contribution < 1.29 is 23.4 Å². The molecular formula is C16H15BFNO4S. The van der Waals surface area contributed by atoms with Crippen molar-refractivity contribution in [3.05, 3.63) is 66.2 Å².